The lowest BCUT2D eigenvalue weighted by Crippen LogP contribution is -2.27. The van der Waals surface area contributed by atoms with E-state index in [2.05, 4.69) is 14.7 Å². The normalized spacial score (nSPS) is 17.7. The highest BCUT2D eigenvalue weighted by atomic mass is 32.2. The molecule has 25 heavy (non-hydrogen) atoms. The van der Waals surface area contributed by atoms with E-state index in [0.717, 1.165) is 18.1 Å². The summed E-state index contributed by atoms with van der Waals surface area (Å²) in [6.07, 6.45) is 3.46. The van der Waals surface area contributed by atoms with Gasteiger partial charge in [-0.15, -0.1) is 0 Å². The number of nitrogens with one attached hydrogen (secondary N) is 1. The molecule has 1 fully saturated rings. The van der Waals surface area contributed by atoms with Crippen molar-refractivity contribution < 1.29 is 22.6 Å². The van der Waals surface area contributed by atoms with E-state index < -0.39 is 10.0 Å². The van der Waals surface area contributed by atoms with Crippen LogP contribution in [0.15, 0.2) is 18.3 Å². The molecule has 1 aliphatic rings. The molecule has 3 N–H and O–H groups in total. The number of ether oxygens (including phenoxy) is 3. The van der Waals surface area contributed by atoms with E-state index in [-0.39, 0.29) is 25.2 Å². The molecule has 10 heteroatoms. The van der Waals surface area contributed by atoms with Crippen molar-refractivity contribution in [3.05, 3.63) is 18.3 Å². The zero-order valence-electron chi connectivity index (χ0n) is 13.8. The van der Waals surface area contributed by atoms with Crippen LogP contribution >= 0.6 is 0 Å². The number of anilines is 1. The second-order valence-corrected chi connectivity index (χ2v) is 7.54. The van der Waals surface area contributed by atoms with Crippen LogP contribution in [-0.2, 0) is 14.8 Å². The Morgan fingerprint density at radius 1 is 1.40 bits per heavy atom. The molecule has 0 saturated carbocycles. The Morgan fingerprint density at radius 2 is 2.24 bits per heavy atom. The van der Waals surface area contributed by atoms with E-state index in [9.17, 15) is 8.42 Å². The van der Waals surface area contributed by atoms with E-state index >= 15 is 0 Å². The second-order valence-electron chi connectivity index (χ2n) is 5.70. The summed E-state index contributed by atoms with van der Waals surface area (Å²) >= 11 is 0. The SMILES string of the molecule is CS(=O)(=O)NCCOc1cc2nc(N)ncc2cc1OC1CCOC1. The third-order valence-corrected chi connectivity index (χ3v) is 4.30. The maximum absolute atomic E-state index is 11.1. The zero-order valence-corrected chi connectivity index (χ0v) is 14.6. The van der Waals surface area contributed by atoms with E-state index in [4.69, 9.17) is 19.9 Å². The molecule has 1 atom stereocenters. The fraction of sp³-hybridized carbons (Fsp3) is 0.467. The molecule has 1 aromatic heterocycles. The van der Waals surface area contributed by atoms with Gasteiger partial charge >= 0.3 is 0 Å². The van der Waals surface area contributed by atoms with Gasteiger partial charge in [-0.3, -0.25) is 0 Å². The molecular weight excluding hydrogens is 348 g/mol. The number of hydrogen-bond acceptors (Lipinski definition) is 8. The molecule has 0 spiro atoms. The number of aromatic nitrogens is 2. The van der Waals surface area contributed by atoms with E-state index in [1.807, 2.05) is 0 Å². The molecule has 1 saturated heterocycles. The number of sulfonamides is 1. The number of rotatable bonds is 7. The van der Waals surface area contributed by atoms with Gasteiger partial charge in [0.1, 0.15) is 12.7 Å². The van der Waals surface area contributed by atoms with Gasteiger partial charge in [-0.1, -0.05) is 0 Å². The first-order chi connectivity index (χ1) is 11.9. The first-order valence-corrected chi connectivity index (χ1v) is 9.68. The quantitative estimate of drug-likeness (QED) is 0.669. The van der Waals surface area contributed by atoms with Crippen LogP contribution < -0.4 is 19.9 Å². The van der Waals surface area contributed by atoms with Crippen LogP contribution in [0.4, 0.5) is 5.95 Å². The maximum atomic E-state index is 11.1. The van der Waals surface area contributed by atoms with Gasteiger partial charge in [0.25, 0.3) is 0 Å². The Hall–Kier alpha value is -2.17. The zero-order chi connectivity index (χ0) is 17.9. The van der Waals surface area contributed by atoms with Crippen molar-refractivity contribution in [1.29, 1.82) is 0 Å². The highest BCUT2D eigenvalue weighted by Gasteiger charge is 2.20. The van der Waals surface area contributed by atoms with Crippen LogP contribution in [0.3, 0.4) is 0 Å². The molecule has 0 aliphatic carbocycles. The van der Waals surface area contributed by atoms with Crippen molar-refractivity contribution in [3.63, 3.8) is 0 Å². The number of nitrogen functional groups attached to an aromatic ring is 1. The third-order valence-electron chi connectivity index (χ3n) is 3.57. The average molecular weight is 368 g/mol. The number of nitrogens with zero attached hydrogens (tertiary/aromatic N) is 2. The molecular formula is C15H20N4O5S. The molecule has 2 aromatic rings. The van der Waals surface area contributed by atoms with Crippen LogP contribution in [-0.4, -0.2) is 57.1 Å². The van der Waals surface area contributed by atoms with E-state index in [1.165, 1.54) is 0 Å². The Labute approximate surface area is 145 Å². The van der Waals surface area contributed by atoms with E-state index in [1.54, 1.807) is 18.3 Å². The van der Waals surface area contributed by atoms with Gasteiger partial charge in [0.15, 0.2) is 11.5 Å². The lowest BCUT2D eigenvalue weighted by Gasteiger charge is -2.17. The highest BCUT2D eigenvalue weighted by molar-refractivity contribution is 7.88. The molecule has 0 bridgehead atoms. The van der Waals surface area contributed by atoms with Crippen LogP contribution in [0.5, 0.6) is 11.5 Å². The molecule has 0 amide bonds. The van der Waals surface area contributed by atoms with Gasteiger partial charge in [0, 0.05) is 30.6 Å². The maximum Gasteiger partial charge on any atom is 0.220 e. The predicted octanol–water partition coefficient (Wildman–Crippen LogP) is 0.308. The minimum absolute atomic E-state index is 0.0522. The molecule has 1 aliphatic heterocycles. The van der Waals surface area contributed by atoms with E-state index in [0.29, 0.717) is 30.2 Å². The number of fused-ring (bicyclic) bond motifs is 1. The topological polar surface area (TPSA) is 126 Å². The van der Waals surface area contributed by atoms with Crippen molar-refractivity contribution in [1.82, 2.24) is 14.7 Å². The molecule has 3 rings (SSSR count). The number of nitrogens with two attached hydrogens (primary N) is 1. The summed E-state index contributed by atoms with van der Waals surface area (Å²) in [5.41, 5.74) is 6.25. The average Bonchev–Trinajstić information content (AvgIpc) is 3.04. The van der Waals surface area contributed by atoms with Gasteiger partial charge in [-0.25, -0.2) is 23.1 Å². The lowest BCUT2D eigenvalue weighted by atomic mass is 10.2. The Balaban J connectivity index is 1.81. The fourth-order valence-corrected chi connectivity index (χ4v) is 2.89. The molecule has 0 radical (unpaired) electrons. The molecule has 2 heterocycles. The summed E-state index contributed by atoms with van der Waals surface area (Å²) < 4.78 is 41.6. The molecule has 1 aromatic carbocycles. The predicted molar refractivity (Wildman–Crippen MR) is 92.1 cm³/mol. The summed E-state index contributed by atoms with van der Waals surface area (Å²) in [5, 5.41) is 0.768. The minimum atomic E-state index is -3.26. The molecule has 9 nitrogen and oxygen atoms in total. The summed E-state index contributed by atoms with van der Waals surface area (Å²) in [6.45, 7) is 1.48. The van der Waals surface area contributed by atoms with Crippen molar-refractivity contribution >= 4 is 26.9 Å². The van der Waals surface area contributed by atoms with Crippen molar-refractivity contribution in [2.75, 3.05) is 38.4 Å². The van der Waals surface area contributed by atoms with Crippen molar-refractivity contribution in [3.8, 4) is 11.5 Å². The van der Waals surface area contributed by atoms with Gasteiger partial charge < -0.3 is 19.9 Å². The Morgan fingerprint density at radius 3 is 2.96 bits per heavy atom. The number of hydrogen-bond donors (Lipinski definition) is 2. The Kier molecular flexibility index (Phi) is 5.21. The lowest BCUT2D eigenvalue weighted by molar-refractivity contribution is 0.138. The summed E-state index contributed by atoms with van der Waals surface area (Å²) in [4.78, 5) is 8.15. The summed E-state index contributed by atoms with van der Waals surface area (Å²) in [5.74, 6) is 1.17. The van der Waals surface area contributed by atoms with Crippen molar-refractivity contribution in [2.24, 2.45) is 0 Å². The van der Waals surface area contributed by atoms with Gasteiger partial charge in [-0.05, 0) is 6.07 Å². The van der Waals surface area contributed by atoms with Gasteiger partial charge in [0.2, 0.25) is 16.0 Å². The van der Waals surface area contributed by atoms with Gasteiger partial charge in [-0.2, -0.15) is 0 Å². The van der Waals surface area contributed by atoms with Crippen molar-refractivity contribution in [2.45, 2.75) is 12.5 Å². The molecule has 136 valence electrons. The second kappa shape index (κ2) is 7.38. The van der Waals surface area contributed by atoms with Gasteiger partial charge in [0.05, 0.1) is 25.0 Å². The third kappa shape index (κ3) is 4.91. The standard InChI is InChI=1S/C15H20N4O5S/c1-25(20,21)18-3-5-23-13-7-12-10(8-17-15(16)19-12)6-14(13)24-11-2-4-22-9-11/h6-8,11,18H,2-5,9H2,1H3,(H2,16,17,19). The van der Waals surface area contributed by atoms with Crippen LogP contribution in [0.25, 0.3) is 10.9 Å². The van der Waals surface area contributed by atoms with Crippen LogP contribution in [0.1, 0.15) is 6.42 Å². The van der Waals surface area contributed by atoms with Crippen LogP contribution in [0, 0.1) is 0 Å². The smallest absolute Gasteiger partial charge is 0.220 e. The molecule has 1 unspecified atom stereocenters. The monoisotopic (exact) mass is 368 g/mol. The first-order valence-electron chi connectivity index (χ1n) is 7.79. The van der Waals surface area contributed by atoms with Crippen LogP contribution in [0.2, 0.25) is 0 Å². The summed E-state index contributed by atoms with van der Waals surface area (Å²) in [6, 6.07) is 3.49. The fourth-order valence-electron chi connectivity index (χ4n) is 2.43. The minimum Gasteiger partial charge on any atom is -0.488 e. The highest BCUT2D eigenvalue weighted by Crippen LogP contribution is 2.33. The summed E-state index contributed by atoms with van der Waals surface area (Å²) in [7, 11) is -3.26. The largest absolute Gasteiger partial charge is 0.488 e. The Bertz CT molecular complexity index is 852. The number of benzene rings is 1. The first kappa shape index (κ1) is 17.6.